The molecule has 4 heteroatoms. The topological polar surface area (TPSA) is 44.1 Å². The van der Waals surface area contributed by atoms with Gasteiger partial charge in [0.15, 0.2) is 0 Å². The molecule has 19 heavy (non-hydrogen) atoms. The summed E-state index contributed by atoms with van der Waals surface area (Å²) in [6.07, 6.45) is 4.36. The number of esters is 1. The van der Waals surface area contributed by atoms with Crippen molar-refractivity contribution in [2.75, 3.05) is 7.11 Å². The van der Waals surface area contributed by atoms with Crippen LogP contribution in [0.5, 0.6) is 0 Å². The number of aryl methyl sites for hydroxylation is 1. The van der Waals surface area contributed by atoms with Crippen molar-refractivity contribution < 1.29 is 9.53 Å². The van der Waals surface area contributed by atoms with E-state index in [1.54, 1.807) is 0 Å². The number of fused-ring (bicyclic) bond motifs is 1. The van der Waals surface area contributed by atoms with E-state index < -0.39 is 0 Å². The van der Waals surface area contributed by atoms with Crippen molar-refractivity contribution in [1.29, 1.82) is 0 Å². The monoisotopic (exact) mass is 256 g/mol. The molecule has 0 saturated heterocycles. The average Bonchev–Trinajstić information content (AvgIpc) is 2.90. The first-order valence-corrected chi connectivity index (χ1v) is 6.48. The summed E-state index contributed by atoms with van der Waals surface area (Å²) < 4.78 is 6.79. The van der Waals surface area contributed by atoms with Gasteiger partial charge in [-0.1, -0.05) is 18.2 Å². The summed E-state index contributed by atoms with van der Waals surface area (Å²) in [5.41, 5.74) is 3.41. The second kappa shape index (κ2) is 4.88. The maximum absolute atomic E-state index is 11.7. The first-order valence-electron chi connectivity index (χ1n) is 6.48. The lowest BCUT2D eigenvalue weighted by Crippen LogP contribution is -2.24. The number of ether oxygens (including phenoxy) is 1. The molecule has 98 valence electrons. The van der Waals surface area contributed by atoms with Crippen LogP contribution in [0, 0.1) is 5.92 Å². The number of hydrogen-bond donors (Lipinski definition) is 0. The summed E-state index contributed by atoms with van der Waals surface area (Å²) in [6.45, 7) is 0. The molecule has 1 aliphatic carbocycles. The van der Waals surface area contributed by atoms with Crippen molar-refractivity contribution in [3.05, 3.63) is 47.8 Å². The highest BCUT2D eigenvalue weighted by atomic mass is 16.5. The summed E-state index contributed by atoms with van der Waals surface area (Å²) >= 11 is 0. The fourth-order valence-corrected chi connectivity index (χ4v) is 2.66. The van der Waals surface area contributed by atoms with E-state index in [0.717, 1.165) is 24.2 Å². The zero-order chi connectivity index (χ0) is 13.2. The molecular formula is C15H16N2O2. The SMILES string of the molecule is COC(=O)C1CCc2cnn(-c3ccccc3)c2C1. The van der Waals surface area contributed by atoms with E-state index in [9.17, 15) is 4.79 Å². The predicted octanol–water partition coefficient (Wildman–Crippen LogP) is 2.15. The minimum Gasteiger partial charge on any atom is -0.469 e. The molecule has 3 rings (SSSR count). The molecule has 0 radical (unpaired) electrons. The highest BCUT2D eigenvalue weighted by Gasteiger charge is 2.28. The van der Waals surface area contributed by atoms with Gasteiger partial charge in [-0.25, -0.2) is 4.68 Å². The summed E-state index contributed by atoms with van der Waals surface area (Å²) in [4.78, 5) is 11.7. The molecule has 0 N–H and O–H groups in total. The zero-order valence-electron chi connectivity index (χ0n) is 10.9. The highest BCUT2D eigenvalue weighted by molar-refractivity contribution is 5.73. The number of nitrogens with zero attached hydrogens (tertiary/aromatic N) is 2. The molecular weight excluding hydrogens is 240 g/mol. The first-order chi connectivity index (χ1) is 9.29. The van der Waals surface area contributed by atoms with Gasteiger partial charge >= 0.3 is 5.97 Å². The van der Waals surface area contributed by atoms with Crippen LogP contribution in [0.4, 0.5) is 0 Å². The van der Waals surface area contributed by atoms with Gasteiger partial charge in [0.05, 0.1) is 24.9 Å². The number of hydrogen-bond acceptors (Lipinski definition) is 3. The number of aromatic nitrogens is 2. The van der Waals surface area contributed by atoms with Crippen LogP contribution in [-0.4, -0.2) is 22.9 Å². The van der Waals surface area contributed by atoms with E-state index in [1.165, 1.54) is 12.7 Å². The summed E-state index contributed by atoms with van der Waals surface area (Å²) in [7, 11) is 1.45. The molecule has 0 bridgehead atoms. The Morgan fingerprint density at radius 2 is 2.16 bits per heavy atom. The minimum atomic E-state index is -0.119. The molecule has 0 aliphatic heterocycles. The molecule has 1 aliphatic rings. The predicted molar refractivity (Wildman–Crippen MR) is 71.1 cm³/mol. The Bertz CT molecular complexity index is 589. The van der Waals surface area contributed by atoms with Crippen molar-refractivity contribution >= 4 is 5.97 Å². The van der Waals surface area contributed by atoms with Gasteiger partial charge < -0.3 is 4.74 Å². The summed E-state index contributed by atoms with van der Waals surface area (Å²) in [6, 6.07) is 10.0. The number of benzene rings is 1. The molecule has 0 amide bonds. The van der Waals surface area contributed by atoms with Gasteiger partial charge in [-0.3, -0.25) is 4.79 Å². The van der Waals surface area contributed by atoms with Crippen LogP contribution >= 0.6 is 0 Å². The number of para-hydroxylation sites is 1. The van der Waals surface area contributed by atoms with Crippen molar-refractivity contribution in [3.63, 3.8) is 0 Å². The van der Waals surface area contributed by atoms with Crippen LogP contribution in [0.1, 0.15) is 17.7 Å². The van der Waals surface area contributed by atoms with Crippen LogP contribution in [0.25, 0.3) is 5.69 Å². The van der Waals surface area contributed by atoms with Crippen molar-refractivity contribution in [1.82, 2.24) is 9.78 Å². The number of rotatable bonds is 2. The lowest BCUT2D eigenvalue weighted by Gasteiger charge is -2.21. The van der Waals surface area contributed by atoms with Crippen molar-refractivity contribution in [2.45, 2.75) is 19.3 Å². The van der Waals surface area contributed by atoms with E-state index in [-0.39, 0.29) is 11.9 Å². The second-order valence-corrected chi connectivity index (χ2v) is 4.83. The van der Waals surface area contributed by atoms with E-state index in [1.807, 2.05) is 41.2 Å². The van der Waals surface area contributed by atoms with E-state index in [0.29, 0.717) is 6.42 Å². The summed E-state index contributed by atoms with van der Waals surface area (Å²) in [5.74, 6) is -0.164. The minimum absolute atomic E-state index is 0.0448. The van der Waals surface area contributed by atoms with E-state index in [2.05, 4.69) is 5.10 Å². The van der Waals surface area contributed by atoms with Gasteiger partial charge in [-0.15, -0.1) is 0 Å². The molecule has 1 aromatic heterocycles. The van der Waals surface area contributed by atoms with Gasteiger partial charge in [-0.2, -0.15) is 5.10 Å². The third-order valence-corrected chi connectivity index (χ3v) is 3.69. The van der Waals surface area contributed by atoms with Gasteiger partial charge in [0.2, 0.25) is 0 Å². The van der Waals surface area contributed by atoms with Gasteiger partial charge in [0, 0.05) is 12.1 Å². The molecule has 2 aromatic rings. The molecule has 1 unspecified atom stereocenters. The molecule has 1 aromatic carbocycles. The number of carbonyl (C=O) groups excluding carboxylic acids is 1. The number of carbonyl (C=O) groups is 1. The standard InChI is InChI=1S/C15H16N2O2/c1-19-15(18)11-7-8-12-10-16-17(14(12)9-11)13-5-3-2-4-6-13/h2-6,10-11H,7-9H2,1H3. The normalized spacial score (nSPS) is 17.8. The Labute approximate surface area is 112 Å². The Morgan fingerprint density at radius 1 is 1.37 bits per heavy atom. The third kappa shape index (κ3) is 2.14. The fraction of sp³-hybridized carbons (Fsp3) is 0.333. The van der Waals surface area contributed by atoms with Crippen molar-refractivity contribution in [2.24, 2.45) is 5.92 Å². The lowest BCUT2D eigenvalue weighted by atomic mass is 9.88. The highest BCUT2D eigenvalue weighted by Crippen LogP contribution is 2.27. The maximum Gasteiger partial charge on any atom is 0.309 e. The summed E-state index contributed by atoms with van der Waals surface area (Å²) in [5, 5.41) is 4.45. The van der Waals surface area contributed by atoms with Gasteiger partial charge in [0.25, 0.3) is 0 Å². The number of methoxy groups -OCH3 is 1. The van der Waals surface area contributed by atoms with Gasteiger partial charge in [-0.05, 0) is 30.5 Å². The van der Waals surface area contributed by atoms with E-state index >= 15 is 0 Å². The Morgan fingerprint density at radius 3 is 2.89 bits per heavy atom. The second-order valence-electron chi connectivity index (χ2n) is 4.83. The maximum atomic E-state index is 11.7. The molecule has 4 nitrogen and oxygen atoms in total. The van der Waals surface area contributed by atoms with E-state index in [4.69, 9.17) is 4.74 Å². The zero-order valence-corrected chi connectivity index (χ0v) is 10.9. The molecule has 0 spiro atoms. The third-order valence-electron chi connectivity index (χ3n) is 3.69. The Balaban J connectivity index is 1.95. The van der Waals surface area contributed by atoms with Crippen LogP contribution in [0.15, 0.2) is 36.5 Å². The van der Waals surface area contributed by atoms with Crippen LogP contribution in [0.3, 0.4) is 0 Å². The van der Waals surface area contributed by atoms with Crippen LogP contribution in [-0.2, 0) is 22.4 Å². The molecule has 0 saturated carbocycles. The first kappa shape index (κ1) is 12.0. The smallest absolute Gasteiger partial charge is 0.309 e. The average molecular weight is 256 g/mol. The van der Waals surface area contributed by atoms with Crippen LogP contribution < -0.4 is 0 Å². The quantitative estimate of drug-likeness (QED) is 0.773. The fourth-order valence-electron chi connectivity index (χ4n) is 2.66. The molecule has 0 fully saturated rings. The van der Waals surface area contributed by atoms with Crippen molar-refractivity contribution in [3.8, 4) is 5.69 Å². The Kier molecular flexibility index (Phi) is 3.07. The van der Waals surface area contributed by atoms with Gasteiger partial charge in [0.1, 0.15) is 0 Å². The lowest BCUT2D eigenvalue weighted by molar-refractivity contribution is -0.145. The van der Waals surface area contributed by atoms with Crippen LogP contribution in [0.2, 0.25) is 0 Å². The molecule has 1 atom stereocenters. The largest absolute Gasteiger partial charge is 0.469 e. The Hall–Kier alpha value is -2.10. The molecule has 1 heterocycles.